The van der Waals surface area contributed by atoms with Gasteiger partial charge in [-0.1, -0.05) is 12.5 Å². The predicted octanol–water partition coefficient (Wildman–Crippen LogP) is 1.78. The SMILES string of the molecule is C=CC[C@@H]1CCCC/C1=N\NC(N)=O. The number of amides is 2. The standard InChI is InChI=1S/C10H17N3O/c1-2-5-8-6-3-4-7-9(8)12-13-10(11)14/h2,8H,1,3-7H2,(H3,11,13,14)/b12-9+/t8-/m1/s1. The van der Waals surface area contributed by atoms with Crippen LogP contribution < -0.4 is 11.2 Å². The summed E-state index contributed by atoms with van der Waals surface area (Å²) in [7, 11) is 0. The van der Waals surface area contributed by atoms with Gasteiger partial charge in [0.05, 0.1) is 0 Å². The van der Waals surface area contributed by atoms with E-state index in [-0.39, 0.29) is 0 Å². The van der Waals surface area contributed by atoms with Crippen molar-refractivity contribution in [3.05, 3.63) is 12.7 Å². The van der Waals surface area contributed by atoms with Crippen molar-refractivity contribution in [1.82, 2.24) is 5.43 Å². The topological polar surface area (TPSA) is 67.5 Å². The van der Waals surface area contributed by atoms with Crippen LogP contribution in [0.1, 0.15) is 32.1 Å². The van der Waals surface area contributed by atoms with Crippen LogP contribution in [0.25, 0.3) is 0 Å². The van der Waals surface area contributed by atoms with E-state index in [0.29, 0.717) is 5.92 Å². The molecule has 0 bridgehead atoms. The van der Waals surface area contributed by atoms with E-state index < -0.39 is 6.03 Å². The molecule has 1 fully saturated rings. The zero-order valence-electron chi connectivity index (χ0n) is 8.33. The van der Waals surface area contributed by atoms with E-state index in [1.54, 1.807) is 0 Å². The number of primary amides is 1. The summed E-state index contributed by atoms with van der Waals surface area (Å²) in [4.78, 5) is 10.5. The van der Waals surface area contributed by atoms with Gasteiger partial charge in [-0.05, 0) is 25.7 Å². The maximum atomic E-state index is 10.5. The summed E-state index contributed by atoms with van der Waals surface area (Å²) in [5, 5.41) is 4.03. The first-order valence-corrected chi connectivity index (χ1v) is 4.97. The third-order valence-corrected chi connectivity index (χ3v) is 2.47. The second kappa shape index (κ2) is 5.42. The Morgan fingerprint density at radius 3 is 3.14 bits per heavy atom. The molecule has 0 unspecified atom stereocenters. The second-order valence-corrected chi connectivity index (χ2v) is 3.55. The average molecular weight is 195 g/mol. The number of nitrogens with two attached hydrogens (primary N) is 1. The summed E-state index contributed by atoms with van der Waals surface area (Å²) in [6.07, 6.45) is 7.29. The molecule has 0 radical (unpaired) electrons. The lowest BCUT2D eigenvalue weighted by Crippen LogP contribution is -2.28. The molecule has 2 amide bonds. The highest BCUT2D eigenvalue weighted by molar-refractivity contribution is 5.88. The van der Waals surface area contributed by atoms with Gasteiger partial charge in [-0.2, -0.15) is 5.10 Å². The Hall–Kier alpha value is -1.32. The van der Waals surface area contributed by atoms with Gasteiger partial charge >= 0.3 is 6.03 Å². The number of hydrogen-bond acceptors (Lipinski definition) is 2. The first-order valence-electron chi connectivity index (χ1n) is 4.97. The summed E-state index contributed by atoms with van der Waals surface area (Å²) in [6, 6.07) is -0.597. The summed E-state index contributed by atoms with van der Waals surface area (Å²) in [5.74, 6) is 0.438. The van der Waals surface area contributed by atoms with Gasteiger partial charge in [0.25, 0.3) is 0 Å². The lowest BCUT2D eigenvalue weighted by molar-refractivity contribution is 0.249. The summed E-state index contributed by atoms with van der Waals surface area (Å²) in [5.41, 5.74) is 8.30. The van der Waals surface area contributed by atoms with Crippen molar-refractivity contribution in [2.24, 2.45) is 16.8 Å². The fraction of sp³-hybridized carbons (Fsp3) is 0.600. The van der Waals surface area contributed by atoms with E-state index in [0.717, 1.165) is 31.4 Å². The van der Waals surface area contributed by atoms with Crippen molar-refractivity contribution in [2.75, 3.05) is 0 Å². The maximum absolute atomic E-state index is 10.5. The largest absolute Gasteiger partial charge is 0.350 e. The highest BCUT2D eigenvalue weighted by Crippen LogP contribution is 2.24. The van der Waals surface area contributed by atoms with Crippen LogP contribution in [0.5, 0.6) is 0 Å². The molecule has 0 saturated heterocycles. The third kappa shape index (κ3) is 3.20. The van der Waals surface area contributed by atoms with Crippen LogP contribution in [-0.4, -0.2) is 11.7 Å². The Kier molecular flexibility index (Phi) is 4.16. The Bertz CT molecular complexity index is 248. The number of carbonyl (C=O) groups excluding carboxylic acids is 1. The third-order valence-electron chi connectivity index (χ3n) is 2.47. The normalized spacial score (nSPS) is 24.6. The molecule has 4 heteroatoms. The molecular weight excluding hydrogens is 178 g/mol. The van der Waals surface area contributed by atoms with Crippen molar-refractivity contribution < 1.29 is 4.79 Å². The molecule has 0 aromatic rings. The van der Waals surface area contributed by atoms with Crippen molar-refractivity contribution in [2.45, 2.75) is 32.1 Å². The molecular formula is C10H17N3O. The van der Waals surface area contributed by atoms with Crippen LogP contribution in [-0.2, 0) is 0 Å². The molecule has 1 saturated carbocycles. The van der Waals surface area contributed by atoms with Crippen LogP contribution >= 0.6 is 0 Å². The number of hydrazone groups is 1. The van der Waals surface area contributed by atoms with Gasteiger partial charge in [0.1, 0.15) is 0 Å². The number of allylic oxidation sites excluding steroid dienone is 1. The van der Waals surface area contributed by atoms with Crippen LogP contribution in [0.2, 0.25) is 0 Å². The Balaban J connectivity index is 2.56. The first kappa shape index (κ1) is 10.8. The molecule has 3 N–H and O–H groups in total. The van der Waals surface area contributed by atoms with Gasteiger partial charge in [-0.3, -0.25) is 0 Å². The smallest absolute Gasteiger partial charge is 0.332 e. The minimum Gasteiger partial charge on any atom is -0.350 e. The van der Waals surface area contributed by atoms with Gasteiger partial charge in [-0.15, -0.1) is 6.58 Å². The molecule has 1 aliphatic rings. The van der Waals surface area contributed by atoms with E-state index in [1.165, 1.54) is 6.42 Å². The number of hydrogen-bond donors (Lipinski definition) is 2. The average Bonchev–Trinajstić information content (AvgIpc) is 2.17. The Morgan fingerprint density at radius 2 is 2.50 bits per heavy atom. The van der Waals surface area contributed by atoms with Crippen LogP contribution in [0.15, 0.2) is 17.8 Å². The van der Waals surface area contributed by atoms with Gasteiger partial charge in [0, 0.05) is 11.6 Å². The van der Waals surface area contributed by atoms with E-state index in [4.69, 9.17) is 5.73 Å². The van der Waals surface area contributed by atoms with Gasteiger partial charge < -0.3 is 5.73 Å². The zero-order valence-corrected chi connectivity index (χ0v) is 8.33. The minimum absolute atomic E-state index is 0.438. The molecule has 0 spiro atoms. The highest BCUT2D eigenvalue weighted by Gasteiger charge is 2.19. The quantitative estimate of drug-likeness (QED) is 0.523. The number of rotatable bonds is 3. The molecule has 1 atom stereocenters. The minimum atomic E-state index is -0.597. The number of nitrogens with one attached hydrogen (secondary N) is 1. The summed E-state index contributed by atoms with van der Waals surface area (Å²) >= 11 is 0. The van der Waals surface area contributed by atoms with E-state index in [9.17, 15) is 4.79 Å². The first-order chi connectivity index (χ1) is 6.74. The molecule has 4 nitrogen and oxygen atoms in total. The Labute approximate surface area is 84.2 Å². The number of carbonyl (C=O) groups is 1. The Morgan fingerprint density at radius 1 is 1.71 bits per heavy atom. The molecule has 0 aromatic heterocycles. The molecule has 1 aliphatic carbocycles. The molecule has 0 aromatic carbocycles. The van der Waals surface area contributed by atoms with Crippen molar-refractivity contribution in [1.29, 1.82) is 0 Å². The van der Waals surface area contributed by atoms with E-state index in [2.05, 4.69) is 17.1 Å². The monoisotopic (exact) mass is 195 g/mol. The predicted molar refractivity (Wildman–Crippen MR) is 56.9 cm³/mol. The maximum Gasteiger partial charge on any atom is 0.332 e. The fourth-order valence-electron chi connectivity index (χ4n) is 1.80. The number of urea groups is 1. The highest BCUT2D eigenvalue weighted by atomic mass is 16.2. The molecule has 78 valence electrons. The second-order valence-electron chi connectivity index (χ2n) is 3.55. The van der Waals surface area contributed by atoms with Gasteiger partial charge in [0.15, 0.2) is 0 Å². The number of nitrogens with zero attached hydrogens (tertiary/aromatic N) is 1. The fourth-order valence-corrected chi connectivity index (χ4v) is 1.80. The molecule has 0 heterocycles. The lowest BCUT2D eigenvalue weighted by Gasteiger charge is -2.22. The van der Waals surface area contributed by atoms with Crippen LogP contribution in [0, 0.1) is 5.92 Å². The van der Waals surface area contributed by atoms with Crippen molar-refractivity contribution >= 4 is 11.7 Å². The van der Waals surface area contributed by atoms with E-state index >= 15 is 0 Å². The van der Waals surface area contributed by atoms with Gasteiger partial charge in [-0.25, -0.2) is 10.2 Å². The van der Waals surface area contributed by atoms with E-state index in [1.807, 2.05) is 6.08 Å². The summed E-state index contributed by atoms with van der Waals surface area (Å²) in [6.45, 7) is 3.72. The summed E-state index contributed by atoms with van der Waals surface area (Å²) < 4.78 is 0. The molecule has 1 rings (SSSR count). The lowest BCUT2D eigenvalue weighted by atomic mass is 9.85. The van der Waals surface area contributed by atoms with Crippen LogP contribution in [0.3, 0.4) is 0 Å². The molecule has 14 heavy (non-hydrogen) atoms. The molecule has 0 aliphatic heterocycles. The zero-order chi connectivity index (χ0) is 10.4. The van der Waals surface area contributed by atoms with Gasteiger partial charge in [0.2, 0.25) is 0 Å². The van der Waals surface area contributed by atoms with Crippen molar-refractivity contribution in [3.8, 4) is 0 Å². The van der Waals surface area contributed by atoms with Crippen molar-refractivity contribution in [3.63, 3.8) is 0 Å². The van der Waals surface area contributed by atoms with Crippen LogP contribution in [0.4, 0.5) is 4.79 Å².